The molecule has 3 heterocycles. The Bertz CT molecular complexity index is 722. The van der Waals surface area contributed by atoms with Gasteiger partial charge < -0.3 is 9.88 Å². The van der Waals surface area contributed by atoms with E-state index in [4.69, 9.17) is 20.2 Å². The molecule has 0 fully saturated rings. The fourth-order valence-electron chi connectivity index (χ4n) is 2.48. The van der Waals surface area contributed by atoms with Crippen LogP contribution in [-0.2, 0) is 20.2 Å². The van der Waals surface area contributed by atoms with Crippen LogP contribution in [0.3, 0.4) is 0 Å². The van der Waals surface area contributed by atoms with Crippen LogP contribution in [0.25, 0.3) is 22.4 Å². The van der Waals surface area contributed by atoms with Gasteiger partial charge in [0.05, 0.1) is 11.4 Å². The summed E-state index contributed by atoms with van der Waals surface area (Å²) in [6.07, 6.45) is 6.23. The summed E-state index contributed by atoms with van der Waals surface area (Å²) in [6, 6.07) is 10.6. The minimum absolute atomic E-state index is 0.194. The van der Waals surface area contributed by atoms with Crippen LogP contribution in [0.2, 0.25) is 0 Å². The molecule has 1 unspecified atom stereocenters. The Hall–Kier alpha value is -1.19. The Morgan fingerprint density at radius 2 is 1.87 bits per heavy atom. The Morgan fingerprint density at radius 3 is 2.52 bits per heavy atom. The first-order valence-corrected chi connectivity index (χ1v) is 10.2. The molecule has 0 saturated carbocycles. The van der Waals surface area contributed by atoms with Gasteiger partial charge in [0, 0.05) is 18.4 Å². The molecule has 123 valence electrons. The van der Waals surface area contributed by atoms with E-state index >= 15 is 0 Å². The summed E-state index contributed by atoms with van der Waals surface area (Å²) in [5.74, 6) is 0. The first-order chi connectivity index (χ1) is 11.1. The molecule has 1 atom stereocenters. The van der Waals surface area contributed by atoms with Crippen LogP contribution >= 0.6 is 20.2 Å². The van der Waals surface area contributed by atoms with E-state index in [1.54, 1.807) is 0 Å². The SMILES string of the molecule is Cc1cccc(-c2ccc(C3=CC=CC(C)[N-]3)n2C)n1.[Cl][Fe+][Cl]. The summed E-state index contributed by atoms with van der Waals surface area (Å²) >= 11 is 0.194. The molecule has 1 aliphatic rings. The van der Waals surface area contributed by atoms with Crippen molar-refractivity contribution in [3.63, 3.8) is 0 Å². The fourth-order valence-corrected chi connectivity index (χ4v) is 2.48. The molecule has 3 nitrogen and oxygen atoms in total. The molecule has 0 bridgehead atoms. The van der Waals surface area contributed by atoms with Gasteiger partial charge in [0.15, 0.2) is 0 Å². The van der Waals surface area contributed by atoms with Crippen molar-refractivity contribution in [2.45, 2.75) is 19.9 Å². The van der Waals surface area contributed by atoms with Crippen LogP contribution in [0.1, 0.15) is 18.3 Å². The number of aryl methyl sites for hydroxylation is 1. The van der Waals surface area contributed by atoms with Crippen LogP contribution in [0.4, 0.5) is 0 Å². The van der Waals surface area contributed by atoms with Crippen molar-refractivity contribution >= 4 is 25.9 Å². The zero-order valence-electron chi connectivity index (χ0n) is 13.1. The monoisotopic (exact) mass is 390 g/mol. The molecule has 23 heavy (non-hydrogen) atoms. The average molecular weight is 391 g/mol. The molecule has 0 spiro atoms. The summed E-state index contributed by atoms with van der Waals surface area (Å²) in [6.45, 7) is 4.11. The average Bonchev–Trinajstić information content (AvgIpc) is 2.90. The molecule has 6 heteroatoms. The van der Waals surface area contributed by atoms with Crippen LogP contribution in [0, 0.1) is 6.92 Å². The second kappa shape index (κ2) is 8.60. The standard InChI is InChI=1S/C17H18N3.2ClH.Fe/c1-12-6-4-8-14(18-12)16-10-11-17(20(16)3)15-9-5-7-13(2)19-15;;;/h4-12H,1-3H3;2*1H;/q-1;;;+3/p-2. The number of halogens is 2. The van der Waals surface area contributed by atoms with Crippen molar-refractivity contribution in [2.24, 2.45) is 7.05 Å². The third kappa shape index (κ3) is 4.65. The van der Waals surface area contributed by atoms with E-state index in [1.165, 1.54) is 0 Å². The number of hydrogen-bond donors (Lipinski definition) is 0. The van der Waals surface area contributed by atoms with Gasteiger partial charge in [0.2, 0.25) is 0 Å². The Balaban J connectivity index is 0.000000595. The van der Waals surface area contributed by atoms with Gasteiger partial charge in [-0.15, -0.1) is 11.7 Å². The quantitative estimate of drug-likeness (QED) is 0.627. The molecule has 0 N–H and O–H groups in total. The predicted molar refractivity (Wildman–Crippen MR) is 95.0 cm³/mol. The third-order valence-corrected chi connectivity index (χ3v) is 3.52. The van der Waals surface area contributed by atoms with Crippen molar-refractivity contribution in [3.8, 4) is 11.4 Å². The summed E-state index contributed by atoms with van der Waals surface area (Å²) in [5, 5.41) is 4.67. The maximum atomic E-state index is 4.76. The van der Waals surface area contributed by atoms with Crippen molar-refractivity contribution in [2.75, 3.05) is 0 Å². The second-order valence-corrected chi connectivity index (χ2v) is 7.01. The van der Waals surface area contributed by atoms with Crippen LogP contribution in [-0.4, -0.2) is 15.6 Å². The summed E-state index contributed by atoms with van der Waals surface area (Å²) in [7, 11) is 11.6. The van der Waals surface area contributed by atoms with E-state index in [0.29, 0.717) is 0 Å². The molecular formula is C17H18Cl2FeN3. The number of hydrogen-bond acceptors (Lipinski definition) is 1. The molecule has 3 rings (SSSR count). The van der Waals surface area contributed by atoms with Gasteiger partial charge in [0.1, 0.15) is 0 Å². The topological polar surface area (TPSA) is 31.9 Å². The minimum atomic E-state index is 0.194. The van der Waals surface area contributed by atoms with Gasteiger partial charge in [-0.05, 0) is 31.2 Å². The number of pyridine rings is 1. The van der Waals surface area contributed by atoms with Crippen molar-refractivity contribution in [3.05, 3.63) is 65.3 Å². The Kier molecular flexibility index (Phi) is 6.79. The normalized spacial score (nSPS) is 16.2. The van der Waals surface area contributed by atoms with Crippen molar-refractivity contribution < 1.29 is 13.1 Å². The van der Waals surface area contributed by atoms with Crippen molar-refractivity contribution in [1.29, 1.82) is 0 Å². The first kappa shape index (κ1) is 18.2. The molecule has 1 aliphatic heterocycles. The second-order valence-electron chi connectivity index (χ2n) is 5.18. The van der Waals surface area contributed by atoms with Gasteiger partial charge in [-0.3, -0.25) is 4.98 Å². The number of allylic oxidation sites excluding steroid dienone is 2. The van der Waals surface area contributed by atoms with Crippen molar-refractivity contribution in [1.82, 2.24) is 9.55 Å². The van der Waals surface area contributed by atoms with Gasteiger partial charge in [0.25, 0.3) is 0 Å². The van der Waals surface area contributed by atoms with Gasteiger partial charge in [-0.2, -0.15) is 0 Å². The summed E-state index contributed by atoms with van der Waals surface area (Å²) < 4.78 is 2.16. The predicted octanol–water partition coefficient (Wildman–Crippen LogP) is 5.44. The molecule has 0 aliphatic carbocycles. The van der Waals surface area contributed by atoms with E-state index < -0.39 is 0 Å². The van der Waals surface area contributed by atoms with Gasteiger partial charge in [-0.25, -0.2) is 0 Å². The van der Waals surface area contributed by atoms with Crippen LogP contribution in [0.15, 0.2) is 48.6 Å². The number of aromatic nitrogens is 2. The maximum absolute atomic E-state index is 4.76. The number of nitrogens with zero attached hydrogens (tertiary/aromatic N) is 3. The Morgan fingerprint density at radius 1 is 1.17 bits per heavy atom. The Labute approximate surface area is 152 Å². The van der Waals surface area contributed by atoms with E-state index in [1.807, 2.05) is 25.1 Å². The molecule has 0 amide bonds. The molecular weight excluding hydrogens is 373 g/mol. The van der Waals surface area contributed by atoms with E-state index in [9.17, 15) is 0 Å². The zero-order chi connectivity index (χ0) is 16.8. The summed E-state index contributed by atoms with van der Waals surface area (Å²) in [5.41, 5.74) is 5.30. The third-order valence-electron chi connectivity index (χ3n) is 3.52. The van der Waals surface area contributed by atoms with E-state index in [2.05, 4.69) is 59.2 Å². The molecule has 2 aromatic heterocycles. The first-order valence-electron chi connectivity index (χ1n) is 7.11. The van der Waals surface area contributed by atoms with Crippen LogP contribution < -0.4 is 0 Å². The summed E-state index contributed by atoms with van der Waals surface area (Å²) in [4.78, 5) is 4.59. The van der Waals surface area contributed by atoms with E-state index in [0.717, 1.165) is 28.5 Å². The number of rotatable bonds is 2. The molecule has 0 radical (unpaired) electrons. The zero-order valence-corrected chi connectivity index (χ0v) is 15.8. The van der Waals surface area contributed by atoms with E-state index in [-0.39, 0.29) is 19.2 Å². The van der Waals surface area contributed by atoms with Gasteiger partial charge in [-0.1, -0.05) is 31.2 Å². The van der Waals surface area contributed by atoms with Crippen LogP contribution in [0.5, 0.6) is 0 Å². The molecule has 2 aromatic rings. The van der Waals surface area contributed by atoms with Gasteiger partial charge >= 0.3 is 33.3 Å². The fraction of sp³-hybridized carbons (Fsp3) is 0.235. The molecule has 0 saturated heterocycles. The molecule has 0 aromatic carbocycles.